The second kappa shape index (κ2) is 9.34. The first-order chi connectivity index (χ1) is 12.0. The van der Waals surface area contributed by atoms with Crippen LogP contribution < -0.4 is 15.4 Å². The SMILES string of the molecule is COc1ccc(NC(=O)C(C)SCC(=O)Nc2ccccc2)cc1Cl. The van der Waals surface area contributed by atoms with Gasteiger partial charge >= 0.3 is 0 Å². The van der Waals surface area contributed by atoms with Gasteiger partial charge in [-0.25, -0.2) is 0 Å². The van der Waals surface area contributed by atoms with E-state index >= 15 is 0 Å². The Balaban J connectivity index is 1.81. The third-order valence-electron chi connectivity index (χ3n) is 3.31. The first kappa shape index (κ1) is 19.1. The van der Waals surface area contributed by atoms with Crippen LogP contribution >= 0.6 is 23.4 Å². The summed E-state index contributed by atoms with van der Waals surface area (Å²) < 4.78 is 5.07. The Kier molecular flexibility index (Phi) is 7.16. The molecule has 5 nitrogen and oxygen atoms in total. The highest BCUT2D eigenvalue weighted by atomic mass is 35.5. The fourth-order valence-electron chi connectivity index (χ4n) is 1.98. The summed E-state index contributed by atoms with van der Waals surface area (Å²) in [4.78, 5) is 24.1. The highest BCUT2D eigenvalue weighted by Crippen LogP contribution is 2.27. The quantitative estimate of drug-likeness (QED) is 0.762. The van der Waals surface area contributed by atoms with Gasteiger partial charge in [-0.1, -0.05) is 29.8 Å². The molecule has 0 aliphatic rings. The predicted octanol–water partition coefficient (Wildman–Crippen LogP) is 4.05. The largest absolute Gasteiger partial charge is 0.495 e. The Morgan fingerprint density at radius 3 is 2.48 bits per heavy atom. The molecule has 1 unspecified atom stereocenters. The molecule has 2 aromatic carbocycles. The van der Waals surface area contributed by atoms with Gasteiger partial charge in [-0.05, 0) is 37.3 Å². The molecule has 0 spiro atoms. The fraction of sp³-hybridized carbons (Fsp3) is 0.222. The highest BCUT2D eigenvalue weighted by molar-refractivity contribution is 8.01. The van der Waals surface area contributed by atoms with E-state index in [0.717, 1.165) is 5.69 Å². The minimum absolute atomic E-state index is 0.150. The van der Waals surface area contributed by atoms with Crippen molar-refractivity contribution in [3.8, 4) is 5.75 Å². The Morgan fingerprint density at radius 1 is 1.12 bits per heavy atom. The van der Waals surface area contributed by atoms with Crippen molar-refractivity contribution in [2.75, 3.05) is 23.5 Å². The number of hydrogen-bond acceptors (Lipinski definition) is 4. The van der Waals surface area contributed by atoms with Gasteiger partial charge in [0.2, 0.25) is 11.8 Å². The van der Waals surface area contributed by atoms with E-state index in [1.165, 1.54) is 18.9 Å². The van der Waals surface area contributed by atoms with E-state index in [0.29, 0.717) is 16.5 Å². The van der Waals surface area contributed by atoms with Crippen LogP contribution in [0.1, 0.15) is 6.92 Å². The lowest BCUT2D eigenvalue weighted by Crippen LogP contribution is -2.25. The maximum Gasteiger partial charge on any atom is 0.237 e. The van der Waals surface area contributed by atoms with Crippen molar-refractivity contribution in [2.24, 2.45) is 0 Å². The zero-order chi connectivity index (χ0) is 18.2. The van der Waals surface area contributed by atoms with Crippen LogP contribution in [0.5, 0.6) is 5.75 Å². The zero-order valence-corrected chi connectivity index (χ0v) is 15.5. The molecular weight excluding hydrogens is 360 g/mol. The lowest BCUT2D eigenvalue weighted by Gasteiger charge is -2.13. The van der Waals surface area contributed by atoms with Crippen LogP contribution in [-0.4, -0.2) is 29.9 Å². The third-order valence-corrected chi connectivity index (χ3v) is 4.75. The van der Waals surface area contributed by atoms with Crippen molar-refractivity contribution in [2.45, 2.75) is 12.2 Å². The van der Waals surface area contributed by atoms with Gasteiger partial charge < -0.3 is 15.4 Å². The number of amides is 2. The summed E-state index contributed by atoms with van der Waals surface area (Å²) in [5.74, 6) is 0.383. The van der Waals surface area contributed by atoms with E-state index < -0.39 is 0 Å². The van der Waals surface area contributed by atoms with Crippen LogP contribution in [-0.2, 0) is 9.59 Å². The molecule has 0 aromatic heterocycles. The molecule has 2 rings (SSSR count). The molecule has 0 saturated heterocycles. The number of benzene rings is 2. The van der Waals surface area contributed by atoms with Crippen LogP contribution in [0.4, 0.5) is 11.4 Å². The molecular formula is C18H19ClN2O3S. The first-order valence-corrected chi connectivity index (χ1v) is 9.03. The number of carbonyl (C=O) groups is 2. The van der Waals surface area contributed by atoms with Crippen molar-refractivity contribution in [1.29, 1.82) is 0 Å². The fourth-order valence-corrected chi connectivity index (χ4v) is 2.92. The lowest BCUT2D eigenvalue weighted by molar-refractivity contribution is -0.115. The van der Waals surface area contributed by atoms with Gasteiger partial charge in [0, 0.05) is 11.4 Å². The molecule has 0 bridgehead atoms. The Hall–Kier alpha value is -2.18. The van der Waals surface area contributed by atoms with E-state index in [2.05, 4.69) is 10.6 Å². The van der Waals surface area contributed by atoms with Crippen LogP contribution in [0.2, 0.25) is 5.02 Å². The van der Waals surface area contributed by atoms with Crippen molar-refractivity contribution in [1.82, 2.24) is 0 Å². The van der Waals surface area contributed by atoms with Crippen LogP contribution in [0, 0.1) is 0 Å². The van der Waals surface area contributed by atoms with E-state index in [4.69, 9.17) is 16.3 Å². The molecule has 1 atom stereocenters. The van der Waals surface area contributed by atoms with Gasteiger partial charge in [-0.15, -0.1) is 11.8 Å². The highest BCUT2D eigenvalue weighted by Gasteiger charge is 2.16. The van der Waals surface area contributed by atoms with E-state index in [9.17, 15) is 9.59 Å². The summed E-state index contributed by atoms with van der Waals surface area (Å²) in [7, 11) is 1.53. The smallest absolute Gasteiger partial charge is 0.237 e. The number of halogens is 1. The number of hydrogen-bond donors (Lipinski definition) is 2. The monoisotopic (exact) mass is 378 g/mol. The molecule has 2 amide bonds. The second-order valence-electron chi connectivity index (χ2n) is 5.21. The summed E-state index contributed by atoms with van der Waals surface area (Å²) >= 11 is 7.30. The number of ether oxygens (including phenoxy) is 1. The standard InChI is InChI=1S/C18H19ClN2O3S/c1-12(25-11-17(22)20-13-6-4-3-5-7-13)18(23)21-14-8-9-16(24-2)15(19)10-14/h3-10,12H,11H2,1-2H3,(H,20,22)(H,21,23). The zero-order valence-electron chi connectivity index (χ0n) is 13.9. The number of para-hydroxylation sites is 1. The average Bonchev–Trinajstić information content (AvgIpc) is 2.60. The van der Waals surface area contributed by atoms with Crippen LogP contribution in [0.25, 0.3) is 0 Å². The van der Waals surface area contributed by atoms with Gasteiger partial charge in [0.1, 0.15) is 5.75 Å². The van der Waals surface area contributed by atoms with Gasteiger partial charge in [-0.3, -0.25) is 9.59 Å². The van der Waals surface area contributed by atoms with Gasteiger partial charge in [0.15, 0.2) is 0 Å². The molecule has 0 aliphatic carbocycles. The first-order valence-electron chi connectivity index (χ1n) is 7.60. The summed E-state index contributed by atoms with van der Waals surface area (Å²) in [6.45, 7) is 1.75. The Morgan fingerprint density at radius 2 is 1.84 bits per heavy atom. The minimum atomic E-state index is -0.387. The number of nitrogens with one attached hydrogen (secondary N) is 2. The van der Waals surface area contributed by atoms with Gasteiger partial charge in [-0.2, -0.15) is 0 Å². The van der Waals surface area contributed by atoms with E-state index in [1.54, 1.807) is 25.1 Å². The molecule has 0 heterocycles. The summed E-state index contributed by atoms with van der Waals surface area (Å²) in [6, 6.07) is 14.2. The minimum Gasteiger partial charge on any atom is -0.495 e. The van der Waals surface area contributed by atoms with Crippen molar-refractivity contribution in [3.05, 3.63) is 53.6 Å². The Labute approximate surface area is 156 Å². The van der Waals surface area contributed by atoms with Crippen LogP contribution in [0.15, 0.2) is 48.5 Å². The molecule has 7 heteroatoms. The molecule has 0 radical (unpaired) electrons. The number of thioether (sulfide) groups is 1. The summed E-state index contributed by atoms with van der Waals surface area (Å²) in [6.07, 6.45) is 0. The van der Waals surface area contributed by atoms with Crippen LogP contribution in [0.3, 0.4) is 0 Å². The normalized spacial score (nSPS) is 11.5. The van der Waals surface area contributed by atoms with E-state index in [1.807, 2.05) is 30.3 Å². The molecule has 0 fully saturated rings. The molecule has 25 heavy (non-hydrogen) atoms. The van der Waals surface area contributed by atoms with Crippen molar-refractivity contribution >= 4 is 46.6 Å². The molecule has 0 saturated carbocycles. The lowest BCUT2D eigenvalue weighted by atomic mass is 10.3. The Bertz CT molecular complexity index is 740. The number of rotatable bonds is 7. The number of methoxy groups -OCH3 is 1. The molecule has 2 aromatic rings. The molecule has 132 valence electrons. The summed E-state index contributed by atoms with van der Waals surface area (Å²) in [5, 5.41) is 5.59. The second-order valence-corrected chi connectivity index (χ2v) is 6.94. The molecule has 2 N–H and O–H groups in total. The maximum atomic E-state index is 12.2. The van der Waals surface area contributed by atoms with Crippen molar-refractivity contribution < 1.29 is 14.3 Å². The van der Waals surface area contributed by atoms with Crippen molar-refractivity contribution in [3.63, 3.8) is 0 Å². The number of carbonyl (C=O) groups excluding carboxylic acids is 2. The summed E-state index contributed by atoms with van der Waals surface area (Å²) in [5.41, 5.74) is 1.31. The topological polar surface area (TPSA) is 67.4 Å². The predicted molar refractivity (Wildman–Crippen MR) is 104 cm³/mol. The molecule has 0 aliphatic heterocycles. The number of anilines is 2. The van der Waals surface area contributed by atoms with Gasteiger partial charge in [0.05, 0.1) is 23.1 Å². The third kappa shape index (κ3) is 5.99. The van der Waals surface area contributed by atoms with E-state index in [-0.39, 0.29) is 22.8 Å². The maximum absolute atomic E-state index is 12.2. The average molecular weight is 379 g/mol. The van der Waals surface area contributed by atoms with Gasteiger partial charge in [0.25, 0.3) is 0 Å².